The smallest absolute Gasteiger partial charge is 0.261 e. The molecule has 0 radical (unpaired) electrons. The summed E-state index contributed by atoms with van der Waals surface area (Å²) in [6.45, 7) is 9.50. The van der Waals surface area contributed by atoms with Gasteiger partial charge >= 0.3 is 0 Å². The number of carbonyl (C=O) groups is 2. The molecule has 2 rings (SSSR count). The van der Waals surface area contributed by atoms with Crippen LogP contribution in [0.2, 0.25) is 0 Å². The maximum atomic E-state index is 13.3. The Morgan fingerprint density at radius 3 is 2.37 bits per heavy atom. The normalized spacial score (nSPS) is 12.7. The summed E-state index contributed by atoms with van der Waals surface area (Å²) in [7, 11) is 0. The number of nitrogens with zero attached hydrogens (tertiary/aromatic N) is 1. The van der Waals surface area contributed by atoms with Gasteiger partial charge in [0, 0.05) is 12.6 Å². The third-order valence-electron chi connectivity index (χ3n) is 5.12. The molecule has 5 nitrogen and oxygen atoms in total. The van der Waals surface area contributed by atoms with Crippen molar-refractivity contribution in [1.82, 2.24) is 10.2 Å². The van der Waals surface area contributed by atoms with E-state index in [2.05, 4.69) is 5.32 Å². The Morgan fingerprint density at radius 2 is 1.77 bits per heavy atom. The monoisotopic (exact) mass is 414 g/mol. The molecule has 2 aromatic rings. The number of amides is 2. The summed E-state index contributed by atoms with van der Waals surface area (Å²) in [4.78, 5) is 27.1. The number of halogens is 1. The zero-order valence-electron chi connectivity index (χ0n) is 18.4. The number of carbonyl (C=O) groups excluding carboxylic acids is 2. The Hall–Kier alpha value is -2.89. The van der Waals surface area contributed by atoms with Crippen molar-refractivity contribution in [3.63, 3.8) is 0 Å². The lowest BCUT2D eigenvalue weighted by Gasteiger charge is -2.29. The predicted octanol–water partition coefficient (Wildman–Crippen LogP) is 4.15. The van der Waals surface area contributed by atoms with Crippen LogP contribution in [0.5, 0.6) is 5.75 Å². The molecule has 0 aliphatic heterocycles. The van der Waals surface area contributed by atoms with Crippen LogP contribution in [0.3, 0.4) is 0 Å². The van der Waals surface area contributed by atoms with Crippen LogP contribution in [0.25, 0.3) is 0 Å². The Bertz CT molecular complexity index is 867. The van der Waals surface area contributed by atoms with Gasteiger partial charge in [-0.05, 0) is 63.4 Å². The topological polar surface area (TPSA) is 58.6 Å². The van der Waals surface area contributed by atoms with Gasteiger partial charge in [-0.25, -0.2) is 4.39 Å². The van der Waals surface area contributed by atoms with E-state index in [1.165, 1.54) is 17.0 Å². The van der Waals surface area contributed by atoms with Gasteiger partial charge in [-0.2, -0.15) is 0 Å². The van der Waals surface area contributed by atoms with Gasteiger partial charge in [0.15, 0.2) is 6.61 Å². The second-order valence-corrected chi connectivity index (χ2v) is 7.70. The largest absolute Gasteiger partial charge is 0.483 e. The summed E-state index contributed by atoms with van der Waals surface area (Å²) >= 11 is 0. The van der Waals surface area contributed by atoms with Crippen molar-refractivity contribution in [3.8, 4) is 5.75 Å². The third kappa shape index (κ3) is 6.58. The molecule has 0 saturated carbocycles. The van der Waals surface area contributed by atoms with Gasteiger partial charge in [0.25, 0.3) is 5.91 Å². The molecule has 30 heavy (non-hydrogen) atoms. The number of hydrogen-bond acceptors (Lipinski definition) is 3. The lowest BCUT2D eigenvalue weighted by molar-refractivity contribution is -0.142. The molecule has 6 heteroatoms. The standard InChI is InChI=1S/C24H31FN2O3/c1-6-18(4)26-24(29)19(5)27(14-20-8-10-21(25)11-9-20)23(28)15-30-22-12-7-16(2)13-17(22)3/h7-13,18-19H,6,14-15H2,1-5H3,(H,26,29)/t18-,19-/m0/s1. The lowest BCUT2D eigenvalue weighted by Crippen LogP contribution is -2.50. The minimum absolute atomic E-state index is 0.00850. The van der Waals surface area contributed by atoms with Crippen LogP contribution in [-0.4, -0.2) is 35.4 Å². The van der Waals surface area contributed by atoms with E-state index in [9.17, 15) is 14.0 Å². The van der Waals surface area contributed by atoms with Crippen molar-refractivity contribution in [2.24, 2.45) is 0 Å². The molecule has 0 aliphatic rings. The molecular formula is C24H31FN2O3. The van der Waals surface area contributed by atoms with Gasteiger partial charge in [0.2, 0.25) is 5.91 Å². The minimum Gasteiger partial charge on any atom is -0.483 e. The van der Waals surface area contributed by atoms with Crippen molar-refractivity contribution in [3.05, 3.63) is 65.0 Å². The van der Waals surface area contributed by atoms with E-state index in [4.69, 9.17) is 4.74 Å². The van der Waals surface area contributed by atoms with Gasteiger partial charge in [0.05, 0.1) is 0 Å². The average Bonchev–Trinajstić information content (AvgIpc) is 2.71. The molecule has 0 saturated heterocycles. The Balaban J connectivity index is 2.16. The molecule has 0 spiro atoms. The fourth-order valence-corrected chi connectivity index (χ4v) is 3.02. The molecule has 0 aromatic heterocycles. The molecule has 0 aliphatic carbocycles. The summed E-state index contributed by atoms with van der Waals surface area (Å²) in [6, 6.07) is 11.0. The van der Waals surface area contributed by atoms with Crippen LogP contribution >= 0.6 is 0 Å². The van der Waals surface area contributed by atoms with E-state index in [0.717, 1.165) is 23.1 Å². The number of rotatable bonds is 9. The van der Waals surface area contributed by atoms with Gasteiger partial charge < -0.3 is 15.0 Å². The predicted molar refractivity (Wildman–Crippen MR) is 116 cm³/mol. The highest BCUT2D eigenvalue weighted by atomic mass is 19.1. The first kappa shape index (κ1) is 23.4. The van der Waals surface area contributed by atoms with Crippen LogP contribution < -0.4 is 10.1 Å². The van der Waals surface area contributed by atoms with Crippen LogP contribution in [-0.2, 0) is 16.1 Å². The van der Waals surface area contributed by atoms with E-state index in [1.54, 1.807) is 19.1 Å². The Morgan fingerprint density at radius 1 is 1.10 bits per heavy atom. The molecule has 0 unspecified atom stereocenters. The van der Waals surface area contributed by atoms with Crippen LogP contribution in [0, 0.1) is 19.7 Å². The summed E-state index contributed by atoms with van der Waals surface area (Å²) in [6.07, 6.45) is 0.792. The molecule has 2 amide bonds. The molecule has 2 atom stereocenters. The zero-order valence-corrected chi connectivity index (χ0v) is 18.4. The van der Waals surface area contributed by atoms with Crippen LogP contribution in [0.15, 0.2) is 42.5 Å². The minimum atomic E-state index is -0.695. The van der Waals surface area contributed by atoms with E-state index < -0.39 is 6.04 Å². The number of aryl methyl sites for hydroxylation is 2. The fourth-order valence-electron chi connectivity index (χ4n) is 3.02. The summed E-state index contributed by atoms with van der Waals surface area (Å²) in [5.41, 5.74) is 2.79. The van der Waals surface area contributed by atoms with E-state index >= 15 is 0 Å². The average molecular weight is 415 g/mol. The molecule has 0 fully saturated rings. The molecule has 0 heterocycles. The van der Waals surface area contributed by atoms with Crippen molar-refractivity contribution in [2.75, 3.05) is 6.61 Å². The number of benzene rings is 2. The quantitative estimate of drug-likeness (QED) is 0.671. The van der Waals surface area contributed by atoms with Crippen molar-refractivity contribution in [1.29, 1.82) is 0 Å². The highest BCUT2D eigenvalue weighted by Crippen LogP contribution is 2.19. The van der Waals surface area contributed by atoms with Gasteiger partial charge in [-0.15, -0.1) is 0 Å². The Labute approximate surface area is 178 Å². The van der Waals surface area contributed by atoms with Crippen LogP contribution in [0.1, 0.15) is 43.9 Å². The molecule has 0 bridgehead atoms. The molecule has 2 aromatic carbocycles. The van der Waals surface area contributed by atoms with E-state index in [1.807, 2.05) is 45.9 Å². The van der Waals surface area contributed by atoms with Crippen molar-refractivity contribution in [2.45, 2.75) is 59.7 Å². The number of hydrogen-bond donors (Lipinski definition) is 1. The molecule has 1 N–H and O–H groups in total. The summed E-state index contributed by atoms with van der Waals surface area (Å²) in [5, 5.41) is 2.92. The SMILES string of the molecule is CC[C@H](C)NC(=O)[C@H](C)N(Cc1ccc(F)cc1)C(=O)COc1ccc(C)cc1C. The van der Waals surface area contributed by atoms with Gasteiger partial charge in [-0.3, -0.25) is 9.59 Å². The van der Waals surface area contributed by atoms with E-state index in [-0.39, 0.29) is 36.8 Å². The second kappa shape index (κ2) is 10.8. The highest BCUT2D eigenvalue weighted by molar-refractivity contribution is 5.88. The second-order valence-electron chi connectivity index (χ2n) is 7.70. The molecule has 162 valence electrons. The fraction of sp³-hybridized carbons (Fsp3) is 0.417. The Kier molecular flexibility index (Phi) is 8.39. The number of ether oxygens (including phenoxy) is 1. The summed E-state index contributed by atoms with van der Waals surface area (Å²) < 4.78 is 19.0. The van der Waals surface area contributed by atoms with Crippen LogP contribution in [0.4, 0.5) is 4.39 Å². The van der Waals surface area contributed by atoms with Gasteiger partial charge in [-0.1, -0.05) is 36.8 Å². The lowest BCUT2D eigenvalue weighted by atomic mass is 10.1. The maximum Gasteiger partial charge on any atom is 0.261 e. The number of nitrogens with one attached hydrogen (secondary N) is 1. The summed E-state index contributed by atoms with van der Waals surface area (Å²) in [5.74, 6) is -0.262. The van der Waals surface area contributed by atoms with Crippen molar-refractivity contribution >= 4 is 11.8 Å². The van der Waals surface area contributed by atoms with Crippen molar-refractivity contribution < 1.29 is 18.7 Å². The first-order valence-corrected chi connectivity index (χ1v) is 10.3. The maximum absolute atomic E-state index is 13.3. The first-order chi connectivity index (χ1) is 14.2. The zero-order chi connectivity index (χ0) is 22.3. The van der Waals surface area contributed by atoms with Gasteiger partial charge in [0.1, 0.15) is 17.6 Å². The van der Waals surface area contributed by atoms with E-state index in [0.29, 0.717) is 5.75 Å². The third-order valence-corrected chi connectivity index (χ3v) is 5.12. The highest BCUT2D eigenvalue weighted by Gasteiger charge is 2.27. The molecular weight excluding hydrogens is 383 g/mol. The first-order valence-electron chi connectivity index (χ1n) is 10.3.